The van der Waals surface area contributed by atoms with Crippen molar-refractivity contribution in [3.63, 3.8) is 0 Å². The molecule has 1 N–H and O–H groups in total. The molecular formula is C17H26N2O4. The van der Waals surface area contributed by atoms with Gasteiger partial charge in [0.15, 0.2) is 0 Å². The summed E-state index contributed by atoms with van der Waals surface area (Å²) < 4.78 is 15.9. The van der Waals surface area contributed by atoms with Gasteiger partial charge in [0.05, 0.1) is 20.3 Å². The van der Waals surface area contributed by atoms with Crippen molar-refractivity contribution in [2.24, 2.45) is 0 Å². The third-order valence-corrected chi connectivity index (χ3v) is 4.23. The Morgan fingerprint density at radius 2 is 1.96 bits per heavy atom. The van der Waals surface area contributed by atoms with Crippen molar-refractivity contribution < 1.29 is 19.0 Å². The number of benzene rings is 1. The van der Waals surface area contributed by atoms with Crippen molar-refractivity contribution in [3.8, 4) is 11.5 Å². The molecule has 6 heteroatoms. The first kappa shape index (κ1) is 17.4. The largest absolute Gasteiger partial charge is 0.497 e. The topological polar surface area (TPSA) is 60.0 Å². The Hall–Kier alpha value is -1.95. The van der Waals surface area contributed by atoms with E-state index in [0.29, 0.717) is 13.0 Å². The van der Waals surface area contributed by atoms with Crippen LogP contribution in [0.1, 0.15) is 18.4 Å². The highest BCUT2D eigenvalue weighted by Gasteiger charge is 2.22. The zero-order chi connectivity index (χ0) is 16.7. The minimum Gasteiger partial charge on any atom is -0.497 e. The van der Waals surface area contributed by atoms with Crippen LogP contribution in [0.3, 0.4) is 0 Å². The second kappa shape index (κ2) is 8.62. The molecule has 1 saturated heterocycles. The van der Waals surface area contributed by atoms with Crippen molar-refractivity contribution in [1.82, 2.24) is 10.2 Å². The molecule has 0 radical (unpaired) electrons. The summed E-state index contributed by atoms with van der Waals surface area (Å²) >= 11 is 0. The van der Waals surface area contributed by atoms with Gasteiger partial charge in [-0.1, -0.05) is 6.07 Å². The predicted molar refractivity (Wildman–Crippen MR) is 88.3 cm³/mol. The quantitative estimate of drug-likeness (QED) is 0.871. The summed E-state index contributed by atoms with van der Waals surface area (Å²) in [4.78, 5) is 14.0. The number of carbonyl (C=O) groups is 1. The summed E-state index contributed by atoms with van der Waals surface area (Å²) in [6.45, 7) is 2.07. The first-order valence-corrected chi connectivity index (χ1v) is 7.94. The molecule has 0 saturated carbocycles. The normalized spacial score (nSPS) is 15.3. The molecule has 1 fully saturated rings. The highest BCUT2D eigenvalue weighted by Crippen LogP contribution is 2.24. The van der Waals surface area contributed by atoms with Gasteiger partial charge in [-0.05, 0) is 30.9 Å². The van der Waals surface area contributed by atoms with Gasteiger partial charge in [-0.25, -0.2) is 4.79 Å². The molecule has 0 aromatic heterocycles. The molecule has 1 aliphatic heterocycles. The van der Waals surface area contributed by atoms with Gasteiger partial charge in [0, 0.05) is 32.8 Å². The maximum atomic E-state index is 12.2. The minimum atomic E-state index is -0.00738. The van der Waals surface area contributed by atoms with Gasteiger partial charge >= 0.3 is 6.03 Å². The van der Waals surface area contributed by atoms with Crippen LogP contribution in [-0.2, 0) is 11.2 Å². The van der Waals surface area contributed by atoms with Gasteiger partial charge < -0.3 is 24.4 Å². The highest BCUT2D eigenvalue weighted by atomic mass is 16.5. The molecule has 0 aliphatic carbocycles. The fourth-order valence-electron chi connectivity index (χ4n) is 2.77. The number of rotatable bonds is 6. The van der Waals surface area contributed by atoms with Crippen molar-refractivity contribution in [2.45, 2.75) is 25.4 Å². The Kier molecular flexibility index (Phi) is 6.52. The Morgan fingerprint density at radius 3 is 2.57 bits per heavy atom. The zero-order valence-electron chi connectivity index (χ0n) is 14.1. The van der Waals surface area contributed by atoms with Gasteiger partial charge in [0.1, 0.15) is 11.5 Å². The van der Waals surface area contributed by atoms with E-state index in [1.54, 1.807) is 21.3 Å². The molecule has 0 unspecified atom stereocenters. The van der Waals surface area contributed by atoms with Crippen LogP contribution in [0.25, 0.3) is 0 Å². The summed E-state index contributed by atoms with van der Waals surface area (Å²) in [5.74, 6) is 1.54. The molecule has 0 bridgehead atoms. The van der Waals surface area contributed by atoms with Gasteiger partial charge in [-0.3, -0.25) is 0 Å². The van der Waals surface area contributed by atoms with Crippen molar-refractivity contribution >= 4 is 6.03 Å². The average molecular weight is 322 g/mol. The van der Waals surface area contributed by atoms with E-state index in [1.807, 2.05) is 23.1 Å². The summed E-state index contributed by atoms with van der Waals surface area (Å²) in [7, 11) is 4.99. The number of methoxy groups -OCH3 is 3. The number of likely N-dealkylation sites (tertiary alicyclic amines) is 1. The second-order valence-electron chi connectivity index (χ2n) is 5.58. The van der Waals surface area contributed by atoms with E-state index >= 15 is 0 Å². The number of carbonyl (C=O) groups excluding carboxylic acids is 1. The Morgan fingerprint density at radius 1 is 1.22 bits per heavy atom. The van der Waals surface area contributed by atoms with Crippen molar-refractivity contribution in [1.29, 1.82) is 0 Å². The van der Waals surface area contributed by atoms with E-state index in [9.17, 15) is 4.79 Å². The molecule has 1 aliphatic rings. The minimum absolute atomic E-state index is 0.00738. The van der Waals surface area contributed by atoms with Crippen molar-refractivity contribution in [2.75, 3.05) is 41.0 Å². The summed E-state index contributed by atoms with van der Waals surface area (Å²) in [6, 6.07) is 5.71. The summed E-state index contributed by atoms with van der Waals surface area (Å²) in [6.07, 6.45) is 2.79. The second-order valence-corrected chi connectivity index (χ2v) is 5.58. The SMILES string of the molecule is COc1ccc(CCNC(=O)N2CCC(OC)CC2)c(OC)c1. The number of piperidine rings is 1. The molecule has 0 atom stereocenters. The number of urea groups is 1. The molecule has 1 aromatic rings. The zero-order valence-corrected chi connectivity index (χ0v) is 14.1. The standard InChI is InChI=1S/C17H26N2O4/c1-21-14-7-10-19(11-8-14)17(20)18-9-6-13-4-5-15(22-2)12-16(13)23-3/h4-5,12,14H,6-11H2,1-3H3,(H,18,20). The molecular weight excluding hydrogens is 296 g/mol. The van der Waals surface area contributed by atoms with Gasteiger partial charge in [-0.2, -0.15) is 0 Å². The molecule has 23 heavy (non-hydrogen) atoms. The molecule has 128 valence electrons. The van der Waals surface area contributed by atoms with E-state index < -0.39 is 0 Å². The highest BCUT2D eigenvalue weighted by molar-refractivity contribution is 5.74. The molecule has 2 rings (SSSR count). The lowest BCUT2D eigenvalue weighted by molar-refractivity contribution is 0.0504. The number of hydrogen-bond donors (Lipinski definition) is 1. The predicted octanol–water partition coefficient (Wildman–Crippen LogP) is 2.07. The molecule has 1 aromatic carbocycles. The first-order valence-electron chi connectivity index (χ1n) is 7.94. The average Bonchev–Trinajstić information content (AvgIpc) is 2.61. The summed E-state index contributed by atoms with van der Waals surface area (Å²) in [5.41, 5.74) is 1.05. The van der Waals surface area contributed by atoms with Crippen LogP contribution < -0.4 is 14.8 Å². The first-order chi connectivity index (χ1) is 11.2. The number of hydrogen-bond acceptors (Lipinski definition) is 4. The molecule has 0 spiro atoms. The Bertz CT molecular complexity index is 513. The number of ether oxygens (including phenoxy) is 3. The monoisotopic (exact) mass is 322 g/mol. The van der Waals surface area contributed by atoms with E-state index in [1.165, 1.54) is 0 Å². The number of nitrogens with zero attached hydrogens (tertiary/aromatic N) is 1. The lowest BCUT2D eigenvalue weighted by Crippen LogP contribution is -2.46. The van der Waals surface area contributed by atoms with E-state index in [4.69, 9.17) is 14.2 Å². The fourth-order valence-corrected chi connectivity index (χ4v) is 2.77. The van der Waals surface area contributed by atoms with E-state index in [0.717, 1.165) is 43.0 Å². The number of nitrogens with one attached hydrogen (secondary N) is 1. The lowest BCUT2D eigenvalue weighted by atomic mass is 10.1. The Balaban J connectivity index is 1.79. The maximum absolute atomic E-state index is 12.2. The van der Waals surface area contributed by atoms with E-state index in [-0.39, 0.29) is 12.1 Å². The van der Waals surface area contributed by atoms with Crippen LogP contribution in [0.5, 0.6) is 11.5 Å². The van der Waals surface area contributed by atoms with Crippen LogP contribution in [0.2, 0.25) is 0 Å². The smallest absolute Gasteiger partial charge is 0.317 e. The van der Waals surface area contributed by atoms with Crippen LogP contribution >= 0.6 is 0 Å². The van der Waals surface area contributed by atoms with Crippen molar-refractivity contribution in [3.05, 3.63) is 23.8 Å². The molecule has 1 heterocycles. The summed E-state index contributed by atoms with van der Waals surface area (Å²) in [5, 5.41) is 2.97. The number of amides is 2. The third-order valence-electron chi connectivity index (χ3n) is 4.23. The van der Waals surface area contributed by atoms with Gasteiger partial charge in [0.25, 0.3) is 0 Å². The van der Waals surface area contributed by atoms with Crippen LogP contribution in [0.15, 0.2) is 18.2 Å². The van der Waals surface area contributed by atoms with Gasteiger partial charge in [0.2, 0.25) is 0 Å². The maximum Gasteiger partial charge on any atom is 0.317 e. The molecule has 2 amide bonds. The Labute approximate surface area is 137 Å². The van der Waals surface area contributed by atoms with Crippen LogP contribution in [0.4, 0.5) is 4.79 Å². The molecule has 6 nitrogen and oxygen atoms in total. The van der Waals surface area contributed by atoms with Gasteiger partial charge in [-0.15, -0.1) is 0 Å². The van der Waals surface area contributed by atoms with E-state index in [2.05, 4.69) is 5.32 Å². The fraction of sp³-hybridized carbons (Fsp3) is 0.588. The third kappa shape index (κ3) is 4.76. The van der Waals surface area contributed by atoms with Crippen LogP contribution in [-0.4, -0.2) is 58.0 Å². The lowest BCUT2D eigenvalue weighted by Gasteiger charge is -2.31. The van der Waals surface area contributed by atoms with Crippen LogP contribution in [0, 0.1) is 0 Å².